The fourth-order valence-electron chi connectivity index (χ4n) is 5.32. The Kier molecular flexibility index (Phi) is 13.1. The minimum atomic E-state index is -0.490. The molecule has 0 aliphatic rings. The average molecular weight is 588 g/mol. The van der Waals surface area contributed by atoms with E-state index in [-0.39, 0.29) is 0 Å². The molecular weight excluding hydrogens is 542 g/mol. The van der Waals surface area contributed by atoms with Gasteiger partial charge in [-0.3, -0.25) is 0 Å². The fourth-order valence-corrected chi connectivity index (χ4v) is 5.32. The highest BCUT2D eigenvalue weighted by atomic mass is 16.5. The number of aryl methyl sites for hydroxylation is 1. The first-order valence-corrected chi connectivity index (χ1v) is 16.3. The van der Waals surface area contributed by atoms with Gasteiger partial charge in [0.05, 0.1) is 23.8 Å². The lowest BCUT2D eigenvalue weighted by atomic mass is 9.96. The molecule has 0 aromatic heterocycles. The van der Waals surface area contributed by atoms with Gasteiger partial charge in [-0.15, -0.1) is 0 Å². The standard InChI is InChI=1S/C40H45NO3/c1-3-5-7-9-10-11-13-31-14-16-34(17-15-31)39-27-22-35(29-36(39)30-41)40(42)44-38-25-20-33(21-26-38)32-18-23-37(24-19-32)43-28-12-8-6-4-2/h14-27,29H,3-13,28H2,1-2H3. The molecule has 44 heavy (non-hydrogen) atoms. The van der Waals surface area contributed by atoms with Gasteiger partial charge in [0.2, 0.25) is 0 Å². The van der Waals surface area contributed by atoms with Gasteiger partial charge < -0.3 is 9.47 Å². The summed E-state index contributed by atoms with van der Waals surface area (Å²) >= 11 is 0. The van der Waals surface area contributed by atoms with Crippen LogP contribution >= 0.6 is 0 Å². The number of nitrogens with zero attached hydrogens (tertiary/aromatic N) is 1. The summed E-state index contributed by atoms with van der Waals surface area (Å²) in [5.74, 6) is 0.837. The Bertz CT molecular complexity index is 1480. The molecule has 0 saturated heterocycles. The Morgan fingerprint density at radius 3 is 1.84 bits per heavy atom. The Morgan fingerprint density at radius 2 is 1.20 bits per heavy atom. The molecule has 4 heteroatoms. The highest BCUT2D eigenvalue weighted by Gasteiger charge is 2.14. The molecule has 0 bridgehead atoms. The zero-order valence-corrected chi connectivity index (χ0v) is 26.3. The average Bonchev–Trinajstić information content (AvgIpc) is 3.07. The molecule has 0 heterocycles. The van der Waals surface area contributed by atoms with E-state index in [0.717, 1.165) is 47.5 Å². The van der Waals surface area contributed by atoms with Crippen molar-refractivity contribution < 1.29 is 14.3 Å². The second-order valence-electron chi connectivity index (χ2n) is 11.4. The van der Waals surface area contributed by atoms with Gasteiger partial charge >= 0.3 is 5.97 Å². The maximum Gasteiger partial charge on any atom is 0.343 e. The van der Waals surface area contributed by atoms with E-state index < -0.39 is 5.97 Å². The summed E-state index contributed by atoms with van der Waals surface area (Å²) in [6, 6.07) is 31.4. The van der Waals surface area contributed by atoms with Crippen LogP contribution in [0.15, 0.2) is 91.0 Å². The van der Waals surface area contributed by atoms with Crippen LogP contribution in [0.2, 0.25) is 0 Å². The summed E-state index contributed by atoms with van der Waals surface area (Å²) in [6.07, 6.45) is 13.5. The molecule has 0 unspecified atom stereocenters. The summed E-state index contributed by atoms with van der Waals surface area (Å²) in [5, 5.41) is 9.85. The highest BCUT2D eigenvalue weighted by Crippen LogP contribution is 2.28. The van der Waals surface area contributed by atoms with Gasteiger partial charge in [-0.1, -0.05) is 120 Å². The summed E-state index contributed by atoms with van der Waals surface area (Å²) in [6.45, 7) is 5.19. The number of hydrogen-bond donors (Lipinski definition) is 0. The Hall–Kier alpha value is -4.36. The summed E-state index contributed by atoms with van der Waals surface area (Å²) in [4.78, 5) is 12.9. The number of esters is 1. The molecule has 0 aliphatic carbocycles. The van der Waals surface area contributed by atoms with Gasteiger partial charge in [0, 0.05) is 0 Å². The molecule has 4 rings (SSSR count). The summed E-state index contributed by atoms with van der Waals surface area (Å²) in [7, 11) is 0. The van der Waals surface area contributed by atoms with Crippen molar-refractivity contribution in [3.63, 3.8) is 0 Å². The van der Waals surface area contributed by atoms with Gasteiger partial charge in [-0.25, -0.2) is 4.79 Å². The first kappa shape index (κ1) is 32.6. The van der Waals surface area contributed by atoms with Crippen molar-refractivity contribution in [1.29, 1.82) is 5.26 Å². The van der Waals surface area contributed by atoms with E-state index >= 15 is 0 Å². The number of carbonyl (C=O) groups is 1. The monoisotopic (exact) mass is 587 g/mol. The van der Waals surface area contributed by atoms with E-state index in [9.17, 15) is 10.1 Å². The van der Waals surface area contributed by atoms with Crippen LogP contribution in [0, 0.1) is 11.3 Å². The third-order valence-corrected chi connectivity index (χ3v) is 7.98. The second-order valence-corrected chi connectivity index (χ2v) is 11.4. The molecule has 0 radical (unpaired) electrons. The molecule has 228 valence electrons. The third kappa shape index (κ3) is 9.85. The topological polar surface area (TPSA) is 59.3 Å². The predicted octanol–water partition coefficient (Wildman–Crippen LogP) is 11.0. The van der Waals surface area contributed by atoms with Gasteiger partial charge in [-0.05, 0) is 83.5 Å². The first-order valence-electron chi connectivity index (χ1n) is 16.3. The molecule has 0 N–H and O–H groups in total. The van der Waals surface area contributed by atoms with Crippen molar-refractivity contribution in [3.8, 4) is 39.8 Å². The van der Waals surface area contributed by atoms with Crippen LogP contribution in [0.3, 0.4) is 0 Å². The lowest BCUT2D eigenvalue weighted by molar-refractivity contribution is 0.0734. The first-order chi connectivity index (χ1) is 21.6. The maximum atomic E-state index is 12.9. The van der Waals surface area contributed by atoms with Crippen LogP contribution in [0.1, 0.15) is 99.5 Å². The minimum Gasteiger partial charge on any atom is -0.494 e. The number of unbranched alkanes of at least 4 members (excludes halogenated alkanes) is 8. The van der Waals surface area contributed by atoms with Crippen LogP contribution in [-0.4, -0.2) is 12.6 Å². The molecular formula is C40H45NO3. The van der Waals surface area contributed by atoms with Crippen LogP contribution in [0.5, 0.6) is 11.5 Å². The summed E-state index contributed by atoms with van der Waals surface area (Å²) < 4.78 is 11.5. The van der Waals surface area contributed by atoms with E-state index in [0.29, 0.717) is 16.9 Å². The highest BCUT2D eigenvalue weighted by molar-refractivity contribution is 5.92. The molecule has 0 saturated carbocycles. The molecule has 0 atom stereocenters. The Balaban J connectivity index is 1.31. The largest absolute Gasteiger partial charge is 0.494 e. The van der Waals surface area contributed by atoms with E-state index in [4.69, 9.17) is 9.47 Å². The Morgan fingerprint density at radius 1 is 0.636 bits per heavy atom. The quantitative estimate of drug-likeness (QED) is 0.0700. The number of rotatable bonds is 17. The molecule has 4 aromatic rings. The van der Waals surface area contributed by atoms with Crippen molar-refractivity contribution in [2.24, 2.45) is 0 Å². The maximum absolute atomic E-state index is 12.9. The number of hydrogen-bond acceptors (Lipinski definition) is 4. The molecule has 0 fully saturated rings. The molecule has 4 aromatic carbocycles. The SMILES string of the molecule is CCCCCCCCc1ccc(-c2ccc(C(=O)Oc3ccc(-c4ccc(OCCCCCC)cc4)cc3)cc2C#N)cc1. The minimum absolute atomic E-state index is 0.347. The third-order valence-electron chi connectivity index (χ3n) is 7.98. The zero-order chi connectivity index (χ0) is 31.0. The van der Waals surface area contributed by atoms with Gasteiger partial charge in [0.25, 0.3) is 0 Å². The Labute approximate surface area is 263 Å². The van der Waals surface area contributed by atoms with Crippen LogP contribution in [0.25, 0.3) is 22.3 Å². The van der Waals surface area contributed by atoms with Gasteiger partial charge in [0.1, 0.15) is 11.5 Å². The zero-order valence-electron chi connectivity index (χ0n) is 26.3. The van der Waals surface area contributed by atoms with Crippen LogP contribution < -0.4 is 9.47 Å². The van der Waals surface area contributed by atoms with Gasteiger partial charge in [-0.2, -0.15) is 5.26 Å². The van der Waals surface area contributed by atoms with Crippen molar-refractivity contribution in [2.75, 3.05) is 6.61 Å². The van der Waals surface area contributed by atoms with E-state index in [1.807, 2.05) is 42.5 Å². The number of ether oxygens (including phenoxy) is 2. The second kappa shape index (κ2) is 17.7. The molecule has 0 spiro atoms. The number of nitriles is 1. The predicted molar refractivity (Wildman–Crippen MR) is 180 cm³/mol. The van der Waals surface area contributed by atoms with Crippen molar-refractivity contribution in [1.82, 2.24) is 0 Å². The smallest absolute Gasteiger partial charge is 0.343 e. The van der Waals surface area contributed by atoms with Gasteiger partial charge in [0.15, 0.2) is 0 Å². The van der Waals surface area contributed by atoms with Crippen LogP contribution in [-0.2, 0) is 6.42 Å². The molecule has 0 aliphatic heterocycles. The lowest BCUT2D eigenvalue weighted by Gasteiger charge is -2.10. The van der Waals surface area contributed by atoms with Crippen molar-refractivity contribution in [2.45, 2.75) is 84.5 Å². The van der Waals surface area contributed by atoms with Crippen molar-refractivity contribution >= 4 is 5.97 Å². The van der Waals surface area contributed by atoms with E-state index in [1.54, 1.807) is 24.3 Å². The van der Waals surface area contributed by atoms with Crippen LogP contribution in [0.4, 0.5) is 0 Å². The number of carbonyl (C=O) groups excluding carboxylic acids is 1. The normalized spacial score (nSPS) is 10.8. The molecule has 0 amide bonds. The molecule has 4 nitrogen and oxygen atoms in total. The van der Waals surface area contributed by atoms with E-state index in [2.05, 4.69) is 44.2 Å². The van der Waals surface area contributed by atoms with E-state index in [1.165, 1.54) is 63.4 Å². The lowest BCUT2D eigenvalue weighted by Crippen LogP contribution is -2.09. The summed E-state index contributed by atoms with van der Waals surface area (Å²) in [5.41, 5.74) is 5.97. The number of benzene rings is 4. The fraction of sp³-hybridized carbons (Fsp3) is 0.350. The van der Waals surface area contributed by atoms with Crippen molar-refractivity contribution in [3.05, 3.63) is 108 Å².